The minimum Gasteiger partial charge on any atom is -0.480 e. The van der Waals surface area contributed by atoms with E-state index in [4.69, 9.17) is 5.11 Å². The molecule has 100 valence electrons. The summed E-state index contributed by atoms with van der Waals surface area (Å²) in [6.07, 6.45) is -4.53. The summed E-state index contributed by atoms with van der Waals surface area (Å²) in [5.41, 5.74) is 0.0306. The van der Waals surface area contributed by atoms with Crippen LogP contribution in [0, 0.1) is 5.82 Å². The van der Waals surface area contributed by atoms with Gasteiger partial charge in [0, 0.05) is 12.1 Å². The van der Waals surface area contributed by atoms with Gasteiger partial charge in [-0.25, -0.2) is 4.39 Å². The Morgan fingerprint density at radius 1 is 1.28 bits per heavy atom. The average molecular weight is 265 g/mol. The van der Waals surface area contributed by atoms with E-state index >= 15 is 0 Å². The predicted molar refractivity (Wildman–Crippen MR) is 55.4 cm³/mol. The molecular formula is C11H11F4NO2. The largest absolute Gasteiger partial charge is 0.480 e. The van der Waals surface area contributed by atoms with Crippen molar-refractivity contribution >= 4 is 5.97 Å². The average Bonchev–Trinajstić information content (AvgIpc) is 2.17. The summed E-state index contributed by atoms with van der Waals surface area (Å²) in [6, 6.07) is 5.32. The zero-order valence-corrected chi connectivity index (χ0v) is 9.25. The first-order valence-electron chi connectivity index (χ1n) is 5.02. The van der Waals surface area contributed by atoms with Crippen molar-refractivity contribution in [2.45, 2.75) is 12.7 Å². The predicted octanol–water partition coefficient (Wildman–Crippen LogP) is 2.27. The number of aliphatic carboxylic acids is 1. The molecule has 1 aromatic rings. The van der Waals surface area contributed by atoms with E-state index in [1.807, 2.05) is 0 Å². The van der Waals surface area contributed by atoms with E-state index in [-0.39, 0.29) is 5.56 Å². The minimum atomic E-state index is -4.53. The lowest BCUT2D eigenvalue weighted by Crippen LogP contribution is -2.37. The molecule has 0 saturated carbocycles. The van der Waals surface area contributed by atoms with E-state index < -0.39 is 37.6 Å². The molecule has 0 radical (unpaired) electrons. The quantitative estimate of drug-likeness (QED) is 0.830. The van der Waals surface area contributed by atoms with Gasteiger partial charge in [0.15, 0.2) is 0 Å². The molecule has 0 atom stereocenters. The highest BCUT2D eigenvalue weighted by molar-refractivity contribution is 5.69. The van der Waals surface area contributed by atoms with Crippen LogP contribution in [0.3, 0.4) is 0 Å². The number of carbonyl (C=O) groups is 1. The normalized spacial score (nSPS) is 11.8. The Morgan fingerprint density at radius 3 is 2.39 bits per heavy atom. The molecule has 0 unspecified atom stereocenters. The second kappa shape index (κ2) is 5.81. The molecular weight excluding hydrogens is 254 g/mol. The van der Waals surface area contributed by atoms with Crippen LogP contribution in [0.4, 0.5) is 17.6 Å². The van der Waals surface area contributed by atoms with E-state index in [1.54, 1.807) is 0 Å². The van der Waals surface area contributed by atoms with Crippen molar-refractivity contribution in [2.75, 3.05) is 13.1 Å². The van der Waals surface area contributed by atoms with Gasteiger partial charge in [0.05, 0.1) is 13.1 Å². The molecule has 0 amide bonds. The van der Waals surface area contributed by atoms with Gasteiger partial charge < -0.3 is 5.11 Å². The van der Waals surface area contributed by atoms with Crippen molar-refractivity contribution in [3.63, 3.8) is 0 Å². The van der Waals surface area contributed by atoms with E-state index in [9.17, 15) is 22.4 Å². The summed E-state index contributed by atoms with van der Waals surface area (Å²) in [7, 11) is 0. The topological polar surface area (TPSA) is 40.5 Å². The van der Waals surface area contributed by atoms with Gasteiger partial charge in [0.25, 0.3) is 0 Å². The molecule has 1 aromatic carbocycles. The van der Waals surface area contributed by atoms with Crippen LogP contribution in [0.1, 0.15) is 5.56 Å². The van der Waals surface area contributed by atoms with Gasteiger partial charge in [-0.1, -0.05) is 18.2 Å². The molecule has 1 rings (SSSR count). The minimum absolute atomic E-state index is 0.0306. The second-order valence-corrected chi connectivity index (χ2v) is 3.75. The van der Waals surface area contributed by atoms with Gasteiger partial charge in [-0.2, -0.15) is 13.2 Å². The smallest absolute Gasteiger partial charge is 0.401 e. The number of rotatable bonds is 5. The summed E-state index contributed by atoms with van der Waals surface area (Å²) in [6.45, 7) is -2.60. The van der Waals surface area contributed by atoms with Crippen LogP contribution in [0.2, 0.25) is 0 Å². The molecule has 3 nitrogen and oxygen atoms in total. The van der Waals surface area contributed by atoms with E-state index in [0.29, 0.717) is 4.90 Å². The van der Waals surface area contributed by atoms with Crippen LogP contribution in [0.25, 0.3) is 0 Å². The Kier molecular flexibility index (Phi) is 4.66. The molecule has 0 aliphatic carbocycles. The van der Waals surface area contributed by atoms with Crippen molar-refractivity contribution in [1.29, 1.82) is 0 Å². The molecule has 18 heavy (non-hydrogen) atoms. The molecule has 0 saturated heterocycles. The maximum Gasteiger partial charge on any atom is 0.401 e. The third-order valence-electron chi connectivity index (χ3n) is 2.11. The Labute approximate surface area is 101 Å². The van der Waals surface area contributed by atoms with Gasteiger partial charge in [-0.3, -0.25) is 9.69 Å². The molecule has 0 aromatic heterocycles. The van der Waals surface area contributed by atoms with Crippen molar-refractivity contribution < 1.29 is 27.5 Å². The maximum absolute atomic E-state index is 13.3. The lowest BCUT2D eigenvalue weighted by molar-refractivity contribution is -0.154. The molecule has 0 spiro atoms. The van der Waals surface area contributed by atoms with Crippen LogP contribution < -0.4 is 0 Å². The van der Waals surface area contributed by atoms with Gasteiger partial charge in [-0.15, -0.1) is 0 Å². The summed E-state index contributed by atoms with van der Waals surface area (Å²) in [4.78, 5) is 11.1. The lowest BCUT2D eigenvalue weighted by Gasteiger charge is -2.21. The van der Waals surface area contributed by atoms with Crippen LogP contribution in [0.5, 0.6) is 0 Å². The molecule has 0 aliphatic heterocycles. The van der Waals surface area contributed by atoms with Crippen LogP contribution in [-0.4, -0.2) is 35.2 Å². The van der Waals surface area contributed by atoms with Crippen LogP contribution in [0.15, 0.2) is 24.3 Å². The third kappa shape index (κ3) is 5.13. The first-order valence-corrected chi connectivity index (χ1v) is 5.02. The van der Waals surface area contributed by atoms with Gasteiger partial charge in [0.2, 0.25) is 0 Å². The number of carboxylic acid groups (broad SMARTS) is 1. The van der Waals surface area contributed by atoms with Crippen molar-refractivity contribution in [1.82, 2.24) is 4.90 Å². The Balaban J connectivity index is 2.78. The summed E-state index contributed by atoms with van der Waals surface area (Å²) in [5, 5.41) is 8.53. The summed E-state index contributed by atoms with van der Waals surface area (Å²) >= 11 is 0. The number of hydrogen-bond donors (Lipinski definition) is 1. The zero-order chi connectivity index (χ0) is 13.8. The molecule has 0 bridgehead atoms. The maximum atomic E-state index is 13.3. The third-order valence-corrected chi connectivity index (χ3v) is 2.11. The fourth-order valence-electron chi connectivity index (χ4n) is 1.48. The summed E-state index contributed by atoms with van der Waals surface area (Å²) in [5.74, 6) is -2.05. The second-order valence-electron chi connectivity index (χ2n) is 3.75. The highest BCUT2D eigenvalue weighted by Gasteiger charge is 2.31. The highest BCUT2D eigenvalue weighted by atomic mass is 19.4. The Morgan fingerprint density at radius 2 is 1.89 bits per heavy atom. The Bertz CT molecular complexity index is 420. The zero-order valence-electron chi connectivity index (χ0n) is 9.25. The fourth-order valence-corrected chi connectivity index (χ4v) is 1.48. The van der Waals surface area contributed by atoms with Crippen LogP contribution in [-0.2, 0) is 11.3 Å². The van der Waals surface area contributed by atoms with Gasteiger partial charge in [0.1, 0.15) is 5.82 Å². The number of hydrogen-bond acceptors (Lipinski definition) is 2. The van der Waals surface area contributed by atoms with Crippen molar-refractivity contribution in [3.8, 4) is 0 Å². The number of alkyl halides is 3. The molecule has 7 heteroatoms. The van der Waals surface area contributed by atoms with E-state index in [2.05, 4.69) is 0 Å². The number of benzene rings is 1. The van der Waals surface area contributed by atoms with Crippen molar-refractivity contribution in [2.24, 2.45) is 0 Å². The molecule has 0 aliphatic rings. The lowest BCUT2D eigenvalue weighted by atomic mass is 10.2. The van der Waals surface area contributed by atoms with Crippen molar-refractivity contribution in [3.05, 3.63) is 35.6 Å². The number of carboxylic acids is 1. The SMILES string of the molecule is O=C(O)CN(Cc1ccccc1F)CC(F)(F)F. The molecule has 0 fully saturated rings. The van der Waals surface area contributed by atoms with E-state index in [1.165, 1.54) is 18.2 Å². The van der Waals surface area contributed by atoms with Crippen LogP contribution >= 0.6 is 0 Å². The van der Waals surface area contributed by atoms with Gasteiger partial charge >= 0.3 is 12.1 Å². The standard InChI is InChI=1S/C11H11F4NO2/c12-9-4-2-1-3-8(9)5-16(6-10(17)18)7-11(13,14)15/h1-4H,5-7H2,(H,17,18). The monoisotopic (exact) mass is 265 g/mol. The summed E-state index contributed by atoms with van der Waals surface area (Å²) < 4.78 is 50.0. The fraction of sp³-hybridized carbons (Fsp3) is 0.364. The highest BCUT2D eigenvalue weighted by Crippen LogP contribution is 2.18. The number of nitrogens with zero attached hydrogens (tertiary/aromatic N) is 1. The van der Waals surface area contributed by atoms with E-state index in [0.717, 1.165) is 6.07 Å². The molecule has 1 N–H and O–H groups in total. The first-order chi connectivity index (χ1) is 8.28. The first kappa shape index (κ1) is 14.4. The van der Waals surface area contributed by atoms with Gasteiger partial charge in [-0.05, 0) is 6.07 Å². The Hall–Kier alpha value is -1.63. The number of halogens is 4. The molecule has 0 heterocycles.